The lowest BCUT2D eigenvalue weighted by atomic mass is 10.1. The van der Waals surface area contributed by atoms with Gasteiger partial charge in [-0.3, -0.25) is 0 Å². The van der Waals surface area contributed by atoms with Crippen molar-refractivity contribution in [2.75, 3.05) is 11.1 Å². The summed E-state index contributed by atoms with van der Waals surface area (Å²) in [5, 5.41) is 13.1. The van der Waals surface area contributed by atoms with Gasteiger partial charge in [0.15, 0.2) is 11.9 Å². The van der Waals surface area contributed by atoms with E-state index in [2.05, 4.69) is 34.6 Å². The Morgan fingerprint density at radius 1 is 0.971 bits per heavy atom. The van der Waals surface area contributed by atoms with E-state index in [1.165, 1.54) is 38.5 Å². The van der Waals surface area contributed by atoms with Gasteiger partial charge in [-0.1, -0.05) is 62.6 Å². The second kappa shape index (κ2) is 11.8. The number of fused-ring (bicyclic) bond motifs is 3. The summed E-state index contributed by atoms with van der Waals surface area (Å²) < 4.78 is 12.6. The number of benzene rings is 2. The molecule has 0 unspecified atom stereocenters. The van der Waals surface area contributed by atoms with Crippen LogP contribution in [0.4, 0.5) is 5.69 Å². The first-order chi connectivity index (χ1) is 17.3. The lowest BCUT2D eigenvalue weighted by Crippen LogP contribution is -2.17. The minimum Gasteiger partial charge on any atom is -0.490 e. The van der Waals surface area contributed by atoms with E-state index >= 15 is 0 Å². The number of hydrogen-bond acceptors (Lipinski definition) is 7. The van der Waals surface area contributed by atoms with E-state index in [1.807, 2.05) is 36.4 Å². The Morgan fingerprint density at radius 3 is 2.60 bits per heavy atom. The normalized spacial score (nSPS) is 17.1. The molecule has 0 saturated heterocycles. The minimum absolute atomic E-state index is 0.345. The Balaban J connectivity index is 1.33. The molecule has 7 heteroatoms. The van der Waals surface area contributed by atoms with Gasteiger partial charge in [0.25, 0.3) is 0 Å². The molecule has 1 N–H and O–H groups in total. The molecular formula is C28H34N4O2S. The van der Waals surface area contributed by atoms with Crippen LogP contribution in [-0.4, -0.2) is 27.0 Å². The van der Waals surface area contributed by atoms with Crippen molar-refractivity contribution in [3.8, 4) is 22.9 Å². The molecule has 1 saturated carbocycles. The number of unbranched alkanes of at least 4 members (excludes halogenated alkanes) is 4. The Bertz CT molecular complexity index is 1100. The van der Waals surface area contributed by atoms with Crippen LogP contribution in [0.2, 0.25) is 0 Å². The molecule has 2 aliphatic rings. The zero-order valence-corrected chi connectivity index (χ0v) is 21.2. The lowest BCUT2D eigenvalue weighted by Gasteiger charge is -2.20. The number of hydrogen-bond donors (Lipinski definition) is 1. The van der Waals surface area contributed by atoms with E-state index in [0.29, 0.717) is 22.8 Å². The van der Waals surface area contributed by atoms with Gasteiger partial charge in [-0.05, 0) is 62.4 Å². The topological polar surface area (TPSA) is 69.2 Å². The van der Waals surface area contributed by atoms with Crippen molar-refractivity contribution in [3.05, 3.63) is 54.1 Å². The summed E-state index contributed by atoms with van der Waals surface area (Å²) in [5.41, 5.74) is 3.58. The summed E-state index contributed by atoms with van der Waals surface area (Å²) in [7, 11) is 0. The molecule has 1 aliphatic heterocycles. The summed E-state index contributed by atoms with van der Waals surface area (Å²) in [6.07, 6.45) is 11.0. The SMILES string of the molecule is CCCCCCCSc1nnc2c(n1)O[C@H](c1ccc(OC3CCCC3)cc1)Nc1ccccc1-2. The highest BCUT2D eigenvalue weighted by Crippen LogP contribution is 2.39. The summed E-state index contributed by atoms with van der Waals surface area (Å²) in [6, 6.07) is 16.3. The molecule has 2 aromatic carbocycles. The third kappa shape index (κ3) is 6.07. The number of aromatic nitrogens is 3. The minimum atomic E-state index is -0.387. The van der Waals surface area contributed by atoms with Crippen molar-refractivity contribution in [3.63, 3.8) is 0 Å². The van der Waals surface area contributed by atoms with Crippen molar-refractivity contribution in [1.82, 2.24) is 15.2 Å². The number of para-hydroxylation sites is 1. The first-order valence-corrected chi connectivity index (χ1v) is 14.0. The molecule has 3 aromatic rings. The molecule has 1 aromatic heterocycles. The molecule has 6 nitrogen and oxygen atoms in total. The zero-order chi connectivity index (χ0) is 23.9. The zero-order valence-electron chi connectivity index (χ0n) is 20.4. The van der Waals surface area contributed by atoms with Crippen LogP contribution in [0, 0.1) is 0 Å². The van der Waals surface area contributed by atoms with Crippen LogP contribution in [0.5, 0.6) is 11.6 Å². The fraction of sp³-hybridized carbons (Fsp3) is 0.464. The summed E-state index contributed by atoms with van der Waals surface area (Å²) in [6.45, 7) is 2.24. The smallest absolute Gasteiger partial charge is 0.247 e. The van der Waals surface area contributed by atoms with Gasteiger partial charge in [0.05, 0.1) is 6.10 Å². The van der Waals surface area contributed by atoms with Crippen LogP contribution >= 0.6 is 11.8 Å². The molecule has 0 spiro atoms. The van der Waals surface area contributed by atoms with Crippen LogP contribution in [-0.2, 0) is 0 Å². The molecule has 35 heavy (non-hydrogen) atoms. The largest absolute Gasteiger partial charge is 0.490 e. The van der Waals surface area contributed by atoms with Gasteiger partial charge in [0.2, 0.25) is 11.0 Å². The number of anilines is 1. The maximum absolute atomic E-state index is 6.42. The Hall–Kier alpha value is -2.80. The van der Waals surface area contributed by atoms with E-state index in [-0.39, 0.29) is 6.23 Å². The van der Waals surface area contributed by atoms with Crippen molar-refractivity contribution < 1.29 is 9.47 Å². The molecule has 0 radical (unpaired) electrons. The molecule has 1 atom stereocenters. The third-order valence-electron chi connectivity index (χ3n) is 6.60. The third-order valence-corrected chi connectivity index (χ3v) is 7.52. The number of rotatable bonds is 10. The predicted octanol–water partition coefficient (Wildman–Crippen LogP) is 7.43. The van der Waals surface area contributed by atoms with E-state index in [9.17, 15) is 0 Å². The molecule has 0 amide bonds. The Morgan fingerprint density at radius 2 is 1.77 bits per heavy atom. The maximum Gasteiger partial charge on any atom is 0.247 e. The van der Waals surface area contributed by atoms with E-state index in [1.54, 1.807) is 11.8 Å². The highest BCUT2D eigenvalue weighted by atomic mass is 32.2. The van der Waals surface area contributed by atoms with E-state index < -0.39 is 0 Å². The average molecular weight is 491 g/mol. The second-order valence-corrected chi connectivity index (χ2v) is 10.4. The molecular weight excluding hydrogens is 456 g/mol. The maximum atomic E-state index is 6.42. The molecule has 2 heterocycles. The highest BCUT2D eigenvalue weighted by Gasteiger charge is 2.26. The van der Waals surface area contributed by atoms with Gasteiger partial charge < -0.3 is 14.8 Å². The second-order valence-electron chi connectivity index (χ2n) is 9.29. The quantitative estimate of drug-likeness (QED) is 0.234. The molecule has 1 fully saturated rings. The lowest BCUT2D eigenvalue weighted by molar-refractivity contribution is 0.209. The fourth-order valence-electron chi connectivity index (χ4n) is 4.65. The van der Waals surface area contributed by atoms with Gasteiger partial charge in [-0.2, -0.15) is 4.98 Å². The monoisotopic (exact) mass is 490 g/mol. The first-order valence-electron chi connectivity index (χ1n) is 13.0. The van der Waals surface area contributed by atoms with Crippen molar-refractivity contribution >= 4 is 17.4 Å². The van der Waals surface area contributed by atoms with Crippen molar-refractivity contribution in [2.24, 2.45) is 0 Å². The molecule has 0 bridgehead atoms. The van der Waals surface area contributed by atoms with E-state index in [0.717, 1.165) is 47.6 Å². The number of nitrogens with one attached hydrogen (secondary N) is 1. The van der Waals surface area contributed by atoms with Crippen LogP contribution in [0.15, 0.2) is 53.7 Å². The molecule has 184 valence electrons. The van der Waals surface area contributed by atoms with E-state index in [4.69, 9.17) is 14.5 Å². The van der Waals surface area contributed by atoms with Gasteiger partial charge in [-0.25, -0.2) is 0 Å². The molecule has 1 aliphatic carbocycles. The highest BCUT2D eigenvalue weighted by molar-refractivity contribution is 7.99. The summed E-state index contributed by atoms with van der Waals surface area (Å²) in [5.74, 6) is 2.42. The Kier molecular flexibility index (Phi) is 8.03. The average Bonchev–Trinajstić information content (AvgIpc) is 3.34. The first kappa shape index (κ1) is 23.9. The number of thioether (sulfide) groups is 1. The number of ether oxygens (including phenoxy) is 2. The van der Waals surface area contributed by atoms with Gasteiger partial charge in [-0.15, -0.1) is 10.2 Å². The fourth-order valence-corrected chi connectivity index (χ4v) is 5.43. The standard InChI is InChI=1S/C28H34N4O2S/c1-2-3-4-5-10-19-35-28-30-27-25(31-32-28)23-13-8-9-14-24(23)29-26(34-27)20-15-17-22(18-16-20)33-21-11-6-7-12-21/h8-9,13-18,21,26,29H,2-7,10-12,19H2,1H3/t26-/m1/s1. The van der Waals surface area contributed by atoms with Crippen LogP contribution in [0.3, 0.4) is 0 Å². The molecule has 5 rings (SSSR count). The Labute approximate surface area is 212 Å². The summed E-state index contributed by atoms with van der Waals surface area (Å²) in [4.78, 5) is 4.77. The van der Waals surface area contributed by atoms with Crippen LogP contribution in [0.1, 0.15) is 76.5 Å². The van der Waals surface area contributed by atoms with Gasteiger partial charge in [0.1, 0.15) is 5.75 Å². The van der Waals surface area contributed by atoms with Gasteiger partial charge in [0, 0.05) is 22.6 Å². The summed E-state index contributed by atoms with van der Waals surface area (Å²) >= 11 is 1.65. The van der Waals surface area contributed by atoms with Crippen molar-refractivity contribution in [2.45, 2.75) is 82.2 Å². The predicted molar refractivity (Wildman–Crippen MR) is 141 cm³/mol. The van der Waals surface area contributed by atoms with Crippen LogP contribution < -0.4 is 14.8 Å². The number of nitrogens with zero attached hydrogens (tertiary/aromatic N) is 3. The van der Waals surface area contributed by atoms with Gasteiger partial charge >= 0.3 is 0 Å². The van der Waals surface area contributed by atoms with Crippen LogP contribution in [0.25, 0.3) is 11.3 Å². The van der Waals surface area contributed by atoms with Crippen molar-refractivity contribution in [1.29, 1.82) is 0 Å².